The number of nitrogens with zero attached hydrogens (tertiary/aromatic N) is 2. The average Bonchev–Trinajstić information content (AvgIpc) is 2.98. The zero-order valence-electron chi connectivity index (χ0n) is 13.8. The van der Waals surface area contributed by atoms with Crippen molar-refractivity contribution < 1.29 is 22.7 Å². The van der Waals surface area contributed by atoms with E-state index in [9.17, 15) is 13.6 Å². The number of carbonyl (C=O) groups is 1. The molecule has 0 saturated heterocycles. The normalized spacial score (nSPS) is 11.1. The molecule has 136 valence electrons. The molecule has 5 nitrogen and oxygen atoms in total. The lowest BCUT2D eigenvalue weighted by Crippen LogP contribution is -2.33. The number of halogens is 3. The van der Waals surface area contributed by atoms with Gasteiger partial charge in [0.05, 0.1) is 13.2 Å². The molecule has 2 aromatic carbocycles. The summed E-state index contributed by atoms with van der Waals surface area (Å²) in [5.41, 5.74) is 0.988. The Kier molecular flexibility index (Phi) is 5.49. The zero-order valence-corrected chi connectivity index (χ0v) is 14.6. The Morgan fingerprint density at radius 2 is 1.96 bits per heavy atom. The van der Waals surface area contributed by atoms with Crippen molar-refractivity contribution in [2.75, 3.05) is 20.3 Å². The highest BCUT2D eigenvalue weighted by Crippen LogP contribution is 2.21. The monoisotopic (exact) mass is 380 g/mol. The molecular formula is C18H15ClF2N2O3. The molecule has 0 aliphatic carbocycles. The van der Waals surface area contributed by atoms with Gasteiger partial charge in [0, 0.05) is 30.3 Å². The van der Waals surface area contributed by atoms with Gasteiger partial charge in [-0.05, 0) is 30.3 Å². The fraction of sp³-hybridized carbons (Fsp3) is 0.222. The Morgan fingerprint density at radius 3 is 2.65 bits per heavy atom. The van der Waals surface area contributed by atoms with Gasteiger partial charge in [0.15, 0.2) is 5.58 Å². The molecule has 1 amide bonds. The third-order valence-corrected chi connectivity index (χ3v) is 3.92. The van der Waals surface area contributed by atoms with Crippen LogP contribution in [-0.4, -0.2) is 36.1 Å². The first-order valence-corrected chi connectivity index (χ1v) is 8.13. The summed E-state index contributed by atoms with van der Waals surface area (Å²) in [6.07, 6.45) is 0. The van der Waals surface area contributed by atoms with Gasteiger partial charge in [-0.1, -0.05) is 11.6 Å². The van der Waals surface area contributed by atoms with Crippen molar-refractivity contribution in [2.24, 2.45) is 0 Å². The Labute approximate surface area is 153 Å². The first-order chi connectivity index (χ1) is 12.5. The van der Waals surface area contributed by atoms with Crippen LogP contribution in [0.5, 0.6) is 0 Å². The molecule has 0 saturated carbocycles. The van der Waals surface area contributed by atoms with Gasteiger partial charge >= 0.3 is 0 Å². The van der Waals surface area contributed by atoms with Gasteiger partial charge in [-0.25, -0.2) is 13.8 Å². The zero-order chi connectivity index (χ0) is 18.7. The van der Waals surface area contributed by atoms with Gasteiger partial charge in [-0.2, -0.15) is 0 Å². The fourth-order valence-electron chi connectivity index (χ4n) is 2.49. The minimum absolute atomic E-state index is 0.0205. The van der Waals surface area contributed by atoms with Crippen molar-refractivity contribution in [3.8, 4) is 0 Å². The molecule has 0 fully saturated rings. The van der Waals surface area contributed by atoms with Crippen LogP contribution in [0, 0.1) is 11.6 Å². The summed E-state index contributed by atoms with van der Waals surface area (Å²) in [4.78, 5) is 18.3. The molecule has 1 heterocycles. The summed E-state index contributed by atoms with van der Waals surface area (Å²) in [5.74, 6) is -1.92. The van der Waals surface area contributed by atoms with Crippen LogP contribution >= 0.6 is 11.6 Å². The van der Waals surface area contributed by atoms with E-state index < -0.39 is 17.5 Å². The van der Waals surface area contributed by atoms with E-state index in [-0.39, 0.29) is 31.2 Å². The lowest BCUT2D eigenvalue weighted by Gasteiger charge is -2.21. The molecule has 26 heavy (non-hydrogen) atoms. The number of hydrogen-bond donors (Lipinski definition) is 0. The van der Waals surface area contributed by atoms with E-state index in [1.165, 1.54) is 12.0 Å². The maximum Gasteiger partial charge on any atom is 0.254 e. The molecule has 1 aromatic heterocycles. The van der Waals surface area contributed by atoms with Crippen LogP contribution in [0.2, 0.25) is 5.02 Å². The lowest BCUT2D eigenvalue weighted by atomic mass is 10.2. The van der Waals surface area contributed by atoms with Gasteiger partial charge in [-0.3, -0.25) is 4.79 Å². The highest BCUT2D eigenvalue weighted by atomic mass is 35.5. The number of ether oxygens (including phenoxy) is 1. The molecule has 0 unspecified atom stereocenters. The van der Waals surface area contributed by atoms with Crippen molar-refractivity contribution >= 4 is 28.6 Å². The first-order valence-electron chi connectivity index (χ1n) is 7.75. The Balaban J connectivity index is 1.87. The van der Waals surface area contributed by atoms with E-state index >= 15 is 0 Å². The number of amides is 1. The molecule has 3 aromatic rings. The fourth-order valence-corrected chi connectivity index (χ4v) is 2.66. The van der Waals surface area contributed by atoms with Crippen molar-refractivity contribution in [3.63, 3.8) is 0 Å². The summed E-state index contributed by atoms with van der Waals surface area (Å²) in [7, 11) is 1.49. The van der Waals surface area contributed by atoms with Crippen LogP contribution in [0.4, 0.5) is 8.78 Å². The molecule has 0 atom stereocenters. The first kappa shape index (κ1) is 18.3. The molecule has 0 bridgehead atoms. The highest BCUT2D eigenvalue weighted by Gasteiger charge is 2.20. The molecule has 0 spiro atoms. The number of hydrogen-bond acceptors (Lipinski definition) is 4. The van der Waals surface area contributed by atoms with Crippen LogP contribution in [0.15, 0.2) is 40.8 Å². The average molecular weight is 381 g/mol. The molecule has 3 rings (SSSR count). The SMILES string of the molecule is COCCN(Cc1nc2cc(Cl)ccc2o1)C(=O)c1cc(F)cc(F)c1. The number of oxazole rings is 1. The van der Waals surface area contributed by atoms with Crippen LogP contribution in [0.1, 0.15) is 16.2 Å². The van der Waals surface area contributed by atoms with E-state index in [1.807, 2.05) is 0 Å². The van der Waals surface area contributed by atoms with E-state index in [1.54, 1.807) is 18.2 Å². The number of benzene rings is 2. The minimum Gasteiger partial charge on any atom is -0.439 e. The van der Waals surface area contributed by atoms with Crippen LogP contribution < -0.4 is 0 Å². The molecular weight excluding hydrogens is 366 g/mol. The topological polar surface area (TPSA) is 55.6 Å². The second-order valence-corrected chi connectivity index (χ2v) is 6.03. The second-order valence-electron chi connectivity index (χ2n) is 5.60. The summed E-state index contributed by atoms with van der Waals surface area (Å²) in [5, 5.41) is 0.514. The summed E-state index contributed by atoms with van der Waals surface area (Å²) in [6, 6.07) is 7.67. The smallest absolute Gasteiger partial charge is 0.254 e. The molecule has 0 aliphatic rings. The third kappa shape index (κ3) is 4.17. The Morgan fingerprint density at radius 1 is 1.23 bits per heavy atom. The molecule has 0 N–H and O–H groups in total. The van der Waals surface area contributed by atoms with Crippen molar-refractivity contribution in [1.29, 1.82) is 0 Å². The predicted octanol–water partition coefficient (Wildman–Crippen LogP) is 4.05. The van der Waals surface area contributed by atoms with Crippen molar-refractivity contribution in [3.05, 3.63) is 64.5 Å². The summed E-state index contributed by atoms with van der Waals surface area (Å²) >= 11 is 5.93. The van der Waals surface area contributed by atoms with E-state index in [0.29, 0.717) is 22.2 Å². The van der Waals surface area contributed by atoms with Crippen LogP contribution in [-0.2, 0) is 11.3 Å². The van der Waals surface area contributed by atoms with Gasteiger partial charge in [0.25, 0.3) is 5.91 Å². The van der Waals surface area contributed by atoms with Crippen molar-refractivity contribution in [1.82, 2.24) is 9.88 Å². The number of aromatic nitrogens is 1. The number of rotatable bonds is 6. The van der Waals surface area contributed by atoms with Crippen LogP contribution in [0.3, 0.4) is 0 Å². The maximum atomic E-state index is 13.4. The lowest BCUT2D eigenvalue weighted by molar-refractivity contribution is 0.0663. The largest absolute Gasteiger partial charge is 0.439 e. The second kappa shape index (κ2) is 7.80. The molecule has 8 heteroatoms. The van der Waals surface area contributed by atoms with Gasteiger partial charge < -0.3 is 14.1 Å². The summed E-state index contributed by atoms with van der Waals surface area (Å²) in [6.45, 7) is 0.467. The van der Waals surface area contributed by atoms with Crippen molar-refractivity contribution in [2.45, 2.75) is 6.54 Å². The Hall–Kier alpha value is -2.51. The van der Waals surface area contributed by atoms with Gasteiger partial charge in [0.2, 0.25) is 5.89 Å². The maximum absolute atomic E-state index is 13.4. The number of carbonyl (C=O) groups excluding carboxylic acids is 1. The standard InChI is InChI=1S/C18H15ClF2N2O3/c1-25-5-4-23(18(24)11-6-13(20)9-14(21)7-11)10-17-22-15-8-12(19)2-3-16(15)26-17/h2-3,6-9H,4-5,10H2,1H3. The molecule has 0 radical (unpaired) electrons. The van der Waals surface area contributed by atoms with E-state index in [4.69, 9.17) is 20.8 Å². The summed E-state index contributed by atoms with van der Waals surface area (Å²) < 4.78 is 37.5. The third-order valence-electron chi connectivity index (χ3n) is 3.68. The van der Waals surface area contributed by atoms with Crippen LogP contribution in [0.25, 0.3) is 11.1 Å². The van der Waals surface area contributed by atoms with Gasteiger partial charge in [0.1, 0.15) is 17.2 Å². The number of methoxy groups -OCH3 is 1. The van der Waals surface area contributed by atoms with E-state index in [0.717, 1.165) is 12.1 Å². The number of fused-ring (bicyclic) bond motifs is 1. The van der Waals surface area contributed by atoms with Gasteiger partial charge in [-0.15, -0.1) is 0 Å². The minimum atomic E-state index is -0.823. The quantitative estimate of drug-likeness (QED) is 0.647. The predicted molar refractivity (Wildman–Crippen MR) is 92.0 cm³/mol. The molecule has 0 aliphatic heterocycles. The Bertz CT molecular complexity index is 925. The highest BCUT2D eigenvalue weighted by molar-refractivity contribution is 6.31. The van der Waals surface area contributed by atoms with E-state index in [2.05, 4.69) is 4.98 Å².